The van der Waals surface area contributed by atoms with E-state index in [4.69, 9.17) is 14.2 Å². The number of halogens is 3. The molecule has 3 nitrogen and oxygen atoms in total. The summed E-state index contributed by atoms with van der Waals surface area (Å²) in [4.78, 5) is 0. The molecule has 114 valence electrons. The molecule has 0 radical (unpaired) electrons. The zero-order valence-electron chi connectivity index (χ0n) is 12.7. The van der Waals surface area contributed by atoms with Gasteiger partial charge in [-0.3, -0.25) is 0 Å². The number of benzene rings is 1. The van der Waals surface area contributed by atoms with Crippen LogP contribution in [0.3, 0.4) is 0 Å². The molecular weight excluding hydrogens is 311 g/mol. The van der Waals surface area contributed by atoms with Crippen molar-refractivity contribution in [3.63, 3.8) is 0 Å². The maximum atomic E-state index is 12.9. The van der Waals surface area contributed by atoms with E-state index in [1.807, 2.05) is 0 Å². The Morgan fingerprint density at radius 1 is 1.05 bits per heavy atom. The van der Waals surface area contributed by atoms with E-state index in [1.54, 1.807) is 20.1 Å². The largest absolute Gasteiger partial charge is 1.00 e. The fourth-order valence-corrected chi connectivity index (χ4v) is 1.64. The molecule has 1 aromatic carbocycles. The van der Waals surface area contributed by atoms with Crippen molar-refractivity contribution in [3.8, 4) is 5.75 Å². The summed E-state index contributed by atoms with van der Waals surface area (Å²) in [6, 6.07) is 4.09. The molecule has 0 heterocycles. The van der Waals surface area contributed by atoms with Gasteiger partial charge in [0, 0.05) is 20.1 Å². The predicted octanol–water partition coefficient (Wildman–Crippen LogP) is -0.515. The smallest absolute Gasteiger partial charge is 0.496 e. The Kier molecular flexibility index (Phi) is 11.3. The third-order valence-electron chi connectivity index (χ3n) is 2.64. The van der Waals surface area contributed by atoms with Crippen LogP contribution in [0.4, 0.5) is 12.9 Å². The van der Waals surface area contributed by atoms with Crippen LogP contribution < -0.4 is 61.6 Å². The molecule has 0 bridgehead atoms. The van der Waals surface area contributed by atoms with Crippen LogP contribution >= 0.6 is 0 Å². The van der Waals surface area contributed by atoms with Crippen LogP contribution in [0.1, 0.15) is 12.0 Å². The van der Waals surface area contributed by atoms with Crippen LogP contribution in [0.5, 0.6) is 5.75 Å². The number of hydrogen-bond donors (Lipinski definition) is 0. The third-order valence-corrected chi connectivity index (χ3v) is 2.64. The Morgan fingerprint density at radius 3 is 2.38 bits per heavy atom. The minimum absolute atomic E-state index is 0. The first kappa shape index (κ1) is 21.4. The second-order valence-corrected chi connectivity index (χ2v) is 4.42. The van der Waals surface area contributed by atoms with E-state index < -0.39 is 12.4 Å². The first-order chi connectivity index (χ1) is 9.45. The van der Waals surface area contributed by atoms with E-state index in [0.717, 1.165) is 6.07 Å². The number of aryl methyl sites for hydroxylation is 1. The van der Waals surface area contributed by atoms with Crippen molar-refractivity contribution in [2.45, 2.75) is 13.3 Å². The normalized spacial score (nSPS) is 11.1. The minimum atomic E-state index is -5.06. The molecule has 0 aromatic heterocycles. The zero-order valence-corrected chi connectivity index (χ0v) is 15.8. The van der Waals surface area contributed by atoms with Crippen LogP contribution in [0.25, 0.3) is 0 Å². The third kappa shape index (κ3) is 8.59. The van der Waals surface area contributed by atoms with Crippen molar-refractivity contribution in [2.24, 2.45) is 0 Å². The standard InChI is InChI=1S/C13H19BF3O3.K/c1-11-4-5-13(12(10-11)14(15,16)17)20-7-3-6-19-9-8-18-2;/h4-5,10H,3,6-9H2,1-2H3;/q-1;+1. The second kappa shape index (κ2) is 11.0. The van der Waals surface area contributed by atoms with E-state index >= 15 is 0 Å². The molecule has 0 atom stereocenters. The van der Waals surface area contributed by atoms with Gasteiger partial charge < -0.3 is 27.2 Å². The minimum Gasteiger partial charge on any atom is -0.496 e. The maximum Gasteiger partial charge on any atom is 1.00 e. The quantitative estimate of drug-likeness (QED) is 0.451. The second-order valence-electron chi connectivity index (χ2n) is 4.42. The van der Waals surface area contributed by atoms with Gasteiger partial charge in [-0.05, 0) is 13.0 Å². The van der Waals surface area contributed by atoms with Crippen LogP contribution in [0.15, 0.2) is 18.2 Å². The molecule has 1 rings (SSSR count). The molecule has 0 unspecified atom stereocenters. The average molecular weight is 330 g/mol. The summed E-state index contributed by atoms with van der Waals surface area (Å²) in [5.74, 6) is -0.111. The molecule has 0 aliphatic heterocycles. The van der Waals surface area contributed by atoms with Crippen molar-refractivity contribution < 1.29 is 78.5 Å². The summed E-state index contributed by atoms with van der Waals surface area (Å²) in [5, 5.41) is 0. The molecule has 0 aliphatic carbocycles. The fourth-order valence-electron chi connectivity index (χ4n) is 1.64. The first-order valence-corrected chi connectivity index (χ1v) is 6.45. The number of rotatable bonds is 9. The van der Waals surface area contributed by atoms with Gasteiger partial charge in [0.25, 0.3) is 0 Å². The predicted molar refractivity (Wildman–Crippen MR) is 72.7 cm³/mol. The number of hydrogen-bond acceptors (Lipinski definition) is 3. The van der Waals surface area contributed by atoms with Crippen LogP contribution in [-0.4, -0.2) is 40.5 Å². The summed E-state index contributed by atoms with van der Waals surface area (Å²) < 4.78 is 53.9. The molecule has 0 saturated heterocycles. The molecular formula is C13H19BF3KO3. The fraction of sp³-hybridized carbons (Fsp3) is 0.538. The van der Waals surface area contributed by atoms with Crippen molar-refractivity contribution >= 4 is 12.4 Å². The van der Waals surface area contributed by atoms with Crippen LogP contribution in [0.2, 0.25) is 0 Å². The molecule has 0 spiro atoms. The van der Waals surface area contributed by atoms with Crippen molar-refractivity contribution in [1.82, 2.24) is 0 Å². The van der Waals surface area contributed by atoms with Gasteiger partial charge in [0.05, 0.1) is 25.6 Å². The SMILES string of the molecule is COCCOCCCOc1ccc(C)cc1[B-](F)(F)F.[K+]. The molecule has 0 fully saturated rings. The molecule has 21 heavy (non-hydrogen) atoms. The summed E-state index contributed by atoms with van der Waals surface area (Å²) in [6.45, 7) is -1.85. The first-order valence-electron chi connectivity index (χ1n) is 6.45. The molecule has 0 aliphatic rings. The summed E-state index contributed by atoms with van der Waals surface area (Å²) in [7, 11) is 1.57. The van der Waals surface area contributed by atoms with E-state index in [1.165, 1.54) is 6.07 Å². The van der Waals surface area contributed by atoms with Crippen LogP contribution in [-0.2, 0) is 9.47 Å². The molecule has 1 aromatic rings. The Balaban J connectivity index is 0.00000400. The zero-order chi connectivity index (χ0) is 15.0. The van der Waals surface area contributed by atoms with Gasteiger partial charge in [-0.15, -0.1) is 0 Å². The van der Waals surface area contributed by atoms with E-state index in [2.05, 4.69) is 0 Å². The van der Waals surface area contributed by atoms with Gasteiger partial charge in [0.1, 0.15) is 0 Å². The van der Waals surface area contributed by atoms with E-state index in [-0.39, 0.29) is 63.7 Å². The average Bonchev–Trinajstić information content (AvgIpc) is 2.38. The van der Waals surface area contributed by atoms with Crippen molar-refractivity contribution in [2.75, 3.05) is 33.5 Å². The molecule has 8 heteroatoms. The Labute approximate surface area is 166 Å². The van der Waals surface area contributed by atoms with Gasteiger partial charge in [-0.25, -0.2) is 0 Å². The van der Waals surface area contributed by atoms with Gasteiger partial charge in [0.15, 0.2) is 0 Å². The molecule has 0 amide bonds. The van der Waals surface area contributed by atoms with E-state index in [0.29, 0.717) is 31.8 Å². The summed E-state index contributed by atoms with van der Waals surface area (Å²) >= 11 is 0. The van der Waals surface area contributed by atoms with E-state index in [9.17, 15) is 12.9 Å². The van der Waals surface area contributed by atoms with Gasteiger partial charge in [-0.1, -0.05) is 23.2 Å². The van der Waals surface area contributed by atoms with Gasteiger partial charge in [0.2, 0.25) is 0 Å². The maximum absolute atomic E-state index is 12.9. The molecule has 0 saturated carbocycles. The number of ether oxygens (including phenoxy) is 3. The summed E-state index contributed by atoms with van der Waals surface area (Å²) in [5.41, 5.74) is -0.111. The Bertz CT molecular complexity index is 416. The van der Waals surface area contributed by atoms with Crippen molar-refractivity contribution in [1.29, 1.82) is 0 Å². The Hall–Kier alpha value is 0.431. The van der Waals surface area contributed by atoms with Crippen molar-refractivity contribution in [3.05, 3.63) is 23.8 Å². The monoisotopic (exact) mass is 330 g/mol. The molecule has 0 N–H and O–H groups in total. The van der Waals surface area contributed by atoms with Gasteiger partial charge >= 0.3 is 58.4 Å². The van der Waals surface area contributed by atoms with Gasteiger partial charge in [-0.2, -0.15) is 0 Å². The Morgan fingerprint density at radius 2 is 1.76 bits per heavy atom. The summed E-state index contributed by atoms with van der Waals surface area (Å²) in [6.07, 6.45) is 0.530. The van der Waals surface area contributed by atoms with Crippen LogP contribution in [0, 0.1) is 6.92 Å². The topological polar surface area (TPSA) is 27.7 Å². The number of methoxy groups -OCH3 is 1.